The number of hydrogen-bond acceptors (Lipinski definition) is 3. The molecule has 1 aromatic heterocycles. The molecule has 1 heterocycles. The van der Waals surface area contributed by atoms with Crippen molar-refractivity contribution in [1.29, 1.82) is 0 Å². The first-order valence-electron chi connectivity index (χ1n) is 4.33. The number of hydrogen-bond donors (Lipinski definition) is 2. The molecule has 0 unspecified atom stereocenters. The predicted molar refractivity (Wildman–Crippen MR) is 48.6 cm³/mol. The Labute approximate surface area is 72.0 Å². The molecule has 0 saturated heterocycles. The molecule has 12 heavy (non-hydrogen) atoms. The van der Waals surface area contributed by atoms with Gasteiger partial charge in [0.05, 0.1) is 5.69 Å². The van der Waals surface area contributed by atoms with E-state index in [4.69, 9.17) is 5.84 Å². The summed E-state index contributed by atoms with van der Waals surface area (Å²) in [5, 5.41) is 0. The fourth-order valence-electron chi connectivity index (χ4n) is 1.47. The average molecular weight is 163 g/mol. The Bertz CT molecular complexity index is 268. The fraction of sp³-hybridized carbons (Fsp3) is 0.444. The molecule has 1 aliphatic rings. The van der Waals surface area contributed by atoms with Crippen LogP contribution < -0.4 is 11.3 Å². The summed E-state index contributed by atoms with van der Waals surface area (Å²) in [5.74, 6) is 5.98. The molecule has 1 fully saturated rings. The van der Waals surface area contributed by atoms with E-state index < -0.39 is 0 Å². The molecule has 2 rings (SSSR count). The summed E-state index contributed by atoms with van der Waals surface area (Å²) < 4.78 is 0. The average Bonchev–Trinajstić information content (AvgIpc) is 2.02. The van der Waals surface area contributed by atoms with E-state index in [2.05, 4.69) is 10.4 Å². The van der Waals surface area contributed by atoms with Crippen LogP contribution in [0.4, 0.5) is 5.69 Å². The number of anilines is 1. The second kappa shape index (κ2) is 3.11. The molecule has 3 nitrogen and oxygen atoms in total. The van der Waals surface area contributed by atoms with Gasteiger partial charge >= 0.3 is 0 Å². The summed E-state index contributed by atoms with van der Waals surface area (Å²) in [7, 11) is 0. The smallest absolute Gasteiger partial charge is 0.0518 e. The maximum Gasteiger partial charge on any atom is 0.0518 e. The van der Waals surface area contributed by atoms with Crippen LogP contribution in [0.25, 0.3) is 0 Å². The van der Waals surface area contributed by atoms with Gasteiger partial charge in [0.15, 0.2) is 0 Å². The maximum absolute atomic E-state index is 5.30. The minimum atomic E-state index is 0.679. The van der Waals surface area contributed by atoms with Gasteiger partial charge in [-0.05, 0) is 25.0 Å². The molecule has 0 spiro atoms. The largest absolute Gasteiger partial charge is 0.324 e. The van der Waals surface area contributed by atoms with Crippen LogP contribution in [-0.4, -0.2) is 4.98 Å². The molecule has 0 atom stereocenters. The quantitative estimate of drug-likeness (QED) is 0.514. The van der Waals surface area contributed by atoms with Crippen molar-refractivity contribution in [1.82, 2.24) is 4.98 Å². The highest BCUT2D eigenvalue weighted by Gasteiger charge is 2.20. The topological polar surface area (TPSA) is 50.9 Å². The first-order valence-corrected chi connectivity index (χ1v) is 4.33. The van der Waals surface area contributed by atoms with E-state index in [-0.39, 0.29) is 0 Å². The van der Waals surface area contributed by atoms with Crippen LogP contribution in [-0.2, 0) is 0 Å². The molecule has 1 saturated carbocycles. The van der Waals surface area contributed by atoms with Crippen molar-refractivity contribution in [2.45, 2.75) is 25.2 Å². The molecule has 0 bridgehead atoms. The minimum absolute atomic E-state index is 0.679. The van der Waals surface area contributed by atoms with Gasteiger partial charge in [0.25, 0.3) is 0 Å². The van der Waals surface area contributed by atoms with Crippen LogP contribution in [0.1, 0.15) is 30.9 Å². The summed E-state index contributed by atoms with van der Waals surface area (Å²) >= 11 is 0. The van der Waals surface area contributed by atoms with Gasteiger partial charge in [0.2, 0.25) is 0 Å². The highest BCUT2D eigenvalue weighted by atomic mass is 15.2. The van der Waals surface area contributed by atoms with E-state index in [0.29, 0.717) is 5.92 Å². The second-order valence-electron chi connectivity index (χ2n) is 3.24. The standard InChI is InChI=1S/C9H13N3/c10-12-8-4-5-11-9(6-8)7-2-1-3-7/h4-7H,1-3,10H2,(H,11,12). The fourth-order valence-corrected chi connectivity index (χ4v) is 1.47. The molecule has 0 aliphatic heterocycles. The van der Waals surface area contributed by atoms with Crippen LogP contribution >= 0.6 is 0 Å². The number of aromatic nitrogens is 1. The third-order valence-corrected chi connectivity index (χ3v) is 2.47. The van der Waals surface area contributed by atoms with Crippen molar-refractivity contribution < 1.29 is 0 Å². The predicted octanol–water partition coefficient (Wildman–Crippen LogP) is 1.63. The molecule has 0 amide bonds. The zero-order valence-corrected chi connectivity index (χ0v) is 6.96. The molecule has 3 heteroatoms. The Kier molecular flexibility index (Phi) is 1.96. The third-order valence-electron chi connectivity index (χ3n) is 2.47. The molecular weight excluding hydrogens is 150 g/mol. The first-order chi connectivity index (χ1) is 5.90. The number of nitrogens with zero attached hydrogens (tertiary/aromatic N) is 1. The number of hydrazine groups is 1. The van der Waals surface area contributed by atoms with Crippen LogP contribution in [0.2, 0.25) is 0 Å². The number of nitrogens with two attached hydrogens (primary N) is 1. The van der Waals surface area contributed by atoms with E-state index in [1.54, 1.807) is 0 Å². The lowest BCUT2D eigenvalue weighted by Gasteiger charge is -2.24. The van der Waals surface area contributed by atoms with Crippen LogP contribution in [0.5, 0.6) is 0 Å². The molecule has 3 N–H and O–H groups in total. The van der Waals surface area contributed by atoms with E-state index in [1.165, 1.54) is 25.0 Å². The molecule has 1 aromatic rings. The first kappa shape index (κ1) is 7.55. The summed E-state index contributed by atoms with van der Waals surface area (Å²) in [5.41, 5.74) is 4.76. The van der Waals surface area contributed by atoms with E-state index in [9.17, 15) is 0 Å². The normalized spacial score (nSPS) is 17.1. The second-order valence-corrected chi connectivity index (χ2v) is 3.24. The van der Waals surface area contributed by atoms with Crippen molar-refractivity contribution in [2.75, 3.05) is 5.43 Å². The number of rotatable bonds is 2. The monoisotopic (exact) mass is 163 g/mol. The van der Waals surface area contributed by atoms with E-state index >= 15 is 0 Å². The number of nitrogen functional groups attached to an aromatic ring is 1. The van der Waals surface area contributed by atoms with Gasteiger partial charge in [-0.15, -0.1) is 0 Å². The molecule has 1 aliphatic carbocycles. The van der Waals surface area contributed by atoms with Gasteiger partial charge in [-0.3, -0.25) is 10.8 Å². The molecule has 64 valence electrons. The SMILES string of the molecule is NNc1ccnc(C2CCC2)c1. The maximum atomic E-state index is 5.30. The Morgan fingerprint density at radius 3 is 2.92 bits per heavy atom. The van der Waals surface area contributed by atoms with Crippen molar-refractivity contribution in [3.63, 3.8) is 0 Å². The Hall–Kier alpha value is -1.09. The molecular formula is C9H13N3. The van der Waals surface area contributed by atoms with Gasteiger partial charge in [-0.25, -0.2) is 0 Å². The van der Waals surface area contributed by atoms with Crippen molar-refractivity contribution in [3.05, 3.63) is 24.0 Å². The van der Waals surface area contributed by atoms with Crippen molar-refractivity contribution in [2.24, 2.45) is 5.84 Å². The van der Waals surface area contributed by atoms with Crippen molar-refractivity contribution >= 4 is 5.69 Å². The zero-order chi connectivity index (χ0) is 8.39. The molecule has 0 radical (unpaired) electrons. The summed E-state index contributed by atoms with van der Waals surface area (Å²) in [6, 6.07) is 3.91. The minimum Gasteiger partial charge on any atom is -0.324 e. The lowest BCUT2D eigenvalue weighted by molar-refractivity contribution is 0.411. The van der Waals surface area contributed by atoms with Gasteiger partial charge in [-0.1, -0.05) is 6.42 Å². The Balaban J connectivity index is 2.19. The van der Waals surface area contributed by atoms with E-state index in [1.807, 2.05) is 18.3 Å². The van der Waals surface area contributed by atoms with E-state index in [0.717, 1.165) is 5.69 Å². The lowest BCUT2D eigenvalue weighted by atomic mass is 9.82. The lowest BCUT2D eigenvalue weighted by Crippen LogP contribution is -2.12. The van der Waals surface area contributed by atoms with Crippen LogP contribution in [0.15, 0.2) is 18.3 Å². The van der Waals surface area contributed by atoms with Gasteiger partial charge in [0.1, 0.15) is 0 Å². The van der Waals surface area contributed by atoms with Crippen LogP contribution in [0.3, 0.4) is 0 Å². The Morgan fingerprint density at radius 2 is 2.33 bits per heavy atom. The van der Waals surface area contributed by atoms with Crippen LogP contribution in [0, 0.1) is 0 Å². The van der Waals surface area contributed by atoms with Gasteiger partial charge in [-0.2, -0.15) is 0 Å². The number of pyridine rings is 1. The highest BCUT2D eigenvalue weighted by Crippen LogP contribution is 2.35. The summed E-state index contributed by atoms with van der Waals surface area (Å²) in [6.07, 6.45) is 5.71. The zero-order valence-electron chi connectivity index (χ0n) is 6.96. The highest BCUT2D eigenvalue weighted by molar-refractivity contribution is 5.42. The third kappa shape index (κ3) is 1.28. The van der Waals surface area contributed by atoms with Gasteiger partial charge < -0.3 is 5.43 Å². The van der Waals surface area contributed by atoms with Crippen molar-refractivity contribution in [3.8, 4) is 0 Å². The number of nitrogens with one attached hydrogen (secondary N) is 1. The molecule has 0 aromatic carbocycles. The summed E-state index contributed by atoms with van der Waals surface area (Å²) in [4.78, 5) is 4.31. The van der Waals surface area contributed by atoms with Gasteiger partial charge in [0, 0.05) is 17.8 Å². The summed E-state index contributed by atoms with van der Waals surface area (Å²) in [6.45, 7) is 0. The Morgan fingerprint density at radius 1 is 1.50 bits per heavy atom.